The van der Waals surface area contributed by atoms with Crippen molar-refractivity contribution in [1.82, 2.24) is 0 Å². The topological polar surface area (TPSA) is 89.5 Å². The number of hydrogen-bond donors (Lipinski definition) is 0. The number of halogens is 4. The van der Waals surface area contributed by atoms with Crippen LogP contribution in [0, 0.1) is 20.2 Å². The van der Waals surface area contributed by atoms with Crippen LogP contribution in [0.5, 0.6) is 0 Å². The van der Waals surface area contributed by atoms with Gasteiger partial charge in [-0.05, 0) is 12.8 Å². The number of benzene rings is 1. The first-order valence-corrected chi connectivity index (χ1v) is 7.38. The van der Waals surface area contributed by atoms with Gasteiger partial charge in [-0.1, -0.05) is 24.4 Å². The van der Waals surface area contributed by atoms with E-state index in [0.29, 0.717) is 12.8 Å². The molecule has 1 aliphatic rings. The maximum Gasteiger partial charge on any atom is 0.418 e. The summed E-state index contributed by atoms with van der Waals surface area (Å²) in [6, 6.07) is 0.0334. The second-order valence-electron chi connectivity index (χ2n) is 5.52. The van der Waals surface area contributed by atoms with Crippen LogP contribution in [0.1, 0.15) is 31.2 Å². The maximum atomic E-state index is 13.0. The van der Waals surface area contributed by atoms with E-state index in [1.807, 2.05) is 0 Å². The zero-order valence-electron chi connectivity index (χ0n) is 12.5. The van der Waals surface area contributed by atoms with Crippen molar-refractivity contribution in [3.8, 4) is 0 Å². The predicted octanol–water partition coefficient (Wildman–Crippen LogP) is 4.55. The van der Waals surface area contributed by atoms with Crippen LogP contribution in [0.3, 0.4) is 0 Å². The van der Waals surface area contributed by atoms with Gasteiger partial charge in [0, 0.05) is 19.2 Å². The molecule has 24 heavy (non-hydrogen) atoms. The van der Waals surface area contributed by atoms with Gasteiger partial charge < -0.3 is 4.90 Å². The Morgan fingerprint density at radius 2 is 1.75 bits per heavy atom. The maximum absolute atomic E-state index is 13.0. The molecule has 1 saturated carbocycles. The van der Waals surface area contributed by atoms with E-state index in [9.17, 15) is 33.4 Å². The van der Waals surface area contributed by atoms with Crippen LogP contribution in [0.25, 0.3) is 0 Å². The molecule has 0 amide bonds. The first-order valence-electron chi connectivity index (χ1n) is 7.01. The molecule has 1 aromatic carbocycles. The molecule has 7 nitrogen and oxygen atoms in total. The quantitative estimate of drug-likeness (QED) is 0.575. The first kappa shape index (κ1) is 18.2. The zero-order chi connectivity index (χ0) is 18.2. The molecule has 0 atom stereocenters. The molecule has 1 fully saturated rings. The molecule has 1 aromatic rings. The van der Waals surface area contributed by atoms with E-state index in [4.69, 9.17) is 11.6 Å². The summed E-state index contributed by atoms with van der Waals surface area (Å²) in [5.41, 5.74) is -4.15. The Bertz CT molecular complexity index is 690. The van der Waals surface area contributed by atoms with E-state index in [0.717, 1.165) is 12.8 Å². The number of alkyl halides is 3. The van der Waals surface area contributed by atoms with E-state index in [2.05, 4.69) is 0 Å². The Morgan fingerprint density at radius 3 is 2.17 bits per heavy atom. The molecule has 0 unspecified atom stereocenters. The average molecular weight is 368 g/mol. The largest absolute Gasteiger partial charge is 0.418 e. The number of hydrogen-bond acceptors (Lipinski definition) is 5. The molecular formula is C13H13ClF3N3O4. The lowest BCUT2D eigenvalue weighted by atomic mass is 10.1. The molecule has 2 rings (SSSR count). The third kappa shape index (κ3) is 3.23. The molecule has 0 radical (unpaired) electrons. The summed E-state index contributed by atoms with van der Waals surface area (Å²) in [7, 11) is 1.40. The van der Waals surface area contributed by atoms with Crippen LogP contribution in [0.2, 0.25) is 5.02 Å². The smallest absolute Gasteiger partial charge is 0.360 e. The molecule has 0 spiro atoms. The van der Waals surface area contributed by atoms with Crippen molar-refractivity contribution in [1.29, 1.82) is 0 Å². The van der Waals surface area contributed by atoms with E-state index in [-0.39, 0.29) is 12.1 Å². The minimum Gasteiger partial charge on any atom is -0.360 e. The number of rotatable bonds is 4. The van der Waals surface area contributed by atoms with Gasteiger partial charge in [0.15, 0.2) is 5.69 Å². The summed E-state index contributed by atoms with van der Waals surface area (Å²) in [5, 5.41) is 21.4. The Balaban J connectivity index is 2.78. The number of nitrogens with zero attached hydrogens (tertiary/aromatic N) is 3. The highest BCUT2D eigenvalue weighted by molar-refractivity contribution is 6.34. The summed E-state index contributed by atoms with van der Waals surface area (Å²) >= 11 is 5.61. The highest BCUT2D eigenvalue weighted by Crippen LogP contribution is 2.49. The molecule has 0 N–H and O–H groups in total. The van der Waals surface area contributed by atoms with Crippen LogP contribution in [-0.4, -0.2) is 22.9 Å². The number of nitro benzene ring substituents is 2. The standard InChI is InChI=1S/C13H13ClF3N3O4/c1-18(7-4-2-3-5-7)11-9(19(21)22)6-8(13(15,16)17)10(14)12(11)20(23)24/h6-7H,2-5H2,1H3. The van der Waals surface area contributed by atoms with Crippen molar-refractivity contribution in [2.45, 2.75) is 37.9 Å². The summed E-state index contributed by atoms with van der Waals surface area (Å²) in [6.45, 7) is 0. The van der Waals surface area contributed by atoms with Crippen molar-refractivity contribution in [3.63, 3.8) is 0 Å². The van der Waals surface area contributed by atoms with Gasteiger partial charge in [-0.2, -0.15) is 13.2 Å². The van der Waals surface area contributed by atoms with Gasteiger partial charge in [-0.25, -0.2) is 0 Å². The normalized spacial score (nSPS) is 15.5. The summed E-state index contributed by atoms with van der Waals surface area (Å²) in [6.07, 6.45) is -2.08. The number of anilines is 1. The highest BCUT2D eigenvalue weighted by Gasteiger charge is 2.43. The van der Waals surface area contributed by atoms with Crippen molar-refractivity contribution in [2.75, 3.05) is 11.9 Å². The fourth-order valence-corrected chi connectivity index (χ4v) is 3.28. The Morgan fingerprint density at radius 1 is 1.21 bits per heavy atom. The van der Waals surface area contributed by atoms with Gasteiger partial charge in [0.2, 0.25) is 0 Å². The van der Waals surface area contributed by atoms with Crippen LogP contribution in [-0.2, 0) is 6.18 Å². The molecule has 0 bridgehead atoms. The Kier molecular flexibility index (Phi) is 4.88. The molecule has 132 valence electrons. The molecule has 0 aromatic heterocycles. The molecule has 11 heteroatoms. The lowest BCUT2D eigenvalue weighted by molar-refractivity contribution is -0.393. The molecule has 1 aliphatic carbocycles. The van der Waals surface area contributed by atoms with Crippen molar-refractivity contribution in [3.05, 3.63) is 36.9 Å². The predicted molar refractivity (Wildman–Crippen MR) is 80.4 cm³/mol. The first-order chi connectivity index (χ1) is 11.1. The van der Waals surface area contributed by atoms with E-state index < -0.39 is 43.7 Å². The fourth-order valence-electron chi connectivity index (χ4n) is 2.96. The molecule has 0 saturated heterocycles. The van der Waals surface area contributed by atoms with E-state index in [1.54, 1.807) is 0 Å². The van der Waals surface area contributed by atoms with Crippen LogP contribution in [0.15, 0.2) is 6.07 Å². The molecular weight excluding hydrogens is 355 g/mol. The van der Waals surface area contributed by atoms with Gasteiger partial charge in [0.25, 0.3) is 5.69 Å². The third-order valence-electron chi connectivity index (χ3n) is 4.10. The SMILES string of the molecule is CN(c1c([N+](=O)[O-])cc(C(F)(F)F)c(Cl)c1[N+](=O)[O-])C1CCCC1. The Hall–Kier alpha value is -2.10. The summed E-state index contributed by atoms with van der Waals surface area (Å²) in [5.74, 6) is 0. The molecule has 0 aliphatic heterocycles. The van der Waals surface area contributed by atoms with Gasteiger partial charge in [0.1, 0.15) is 5.02 Å². The van der Waals surface area contributed by atoms with Crippen molar-refractivity contribution < 1.29 is 23.0 Å². The fraction of sp³-hybridized carbons (Fsp3) is 0.538. The monoisotopic (exact) mass is 367 g/mol. The van der Waals surface area contributed by atoms with E-state index >= 15 is 0 Å². The summed E-state index contributed by atoms with van der Waals surface area (Å²) < 4.78 is 39.1. The van der Waals surface area contributed by atoms with Gasteiger partial charge in [-0.3, -0.25) is 20.2 Å². The lowest BCUT2D eigenvalue weighted by Gasteiger charge is -2.26. The zero-order valence-corrected chi connectivity index (χ0v) is 13.2. The van der Waals surface area contributed by atoms with Crippen LogP contribution < -0.4 is 4.90 Å². The Labute approximate surface area is 139 Å². The second kappa shape index (κ2) is 6.42. The summed E-state index contributed by atoms with van der Waals surface area (Å²) in [4.78, 5) is 21.7. The minimum absolute atomic E-state index is 0.227. The average Bonchev–Trinajstić information content (AvgIpc) is 2.97. The third-order valence-corrected chi connectivity index (χ3v) is 4.48. The van der Waals surface area contributed by atoms with Gasteiger partial charge >= 0.3 is 11.9 Å². The lowest BCUT2D eigenvalue weighted by Crippen LogP contribution is -2.30. The van der Waals surface area contributed by atoms with E-state index in [1.165, 1.54) is 11.9 Å². The number of nitro groups is 2. The van der Waals surface area contributed by atoms with Crippen LogP contribution >= 0.6 is 11.6 Å². The van der Waals surface area contributed by atoms with Gasteiger partial charge in [0.05, 0.1) is 15.4 Å². The molecule has 0 heterocycles. The van der Waals surface area contributed by atoms with Crippen molar-refractivity contribution >= 4 is 28.7 Å². The van der Waals surface area contributed by atoms with Gasteiger partial charge in [-0.15, -0.1) is 0 Å². The van der Waals surface area contributed by atoms with Crippen molar-refractivity contribution in [2.24, 2.45) is 0 Å². The minimum atomic E-state index is -5.04. The second-order valence-corrected chi connectivity index (χ2v) is 5.89. The highest BCUT2D eigenvalue weighted by atomic mass is 35.5. The van der Waals surface area contributed by atoms with Crippen LogP contribution in [0.4, 0.5) is 30.2 Å².